The second kappa shape index (κ2) is 5.01. The highest BCUT2D eigenvalue weighted by Crippen LogP contribution is 2.23. The summed E-state index contributed by atoms with van der Waals surface area (Å²) in [5.74, 6) is 0.889. The summed E-state index contributed by atoms with van der Waals surface area (Å²) in [5.41, 5.74) is 0.810. The summed E-state index contributed by atoms with van der Waals surface area (Å²) in [7, 11) is 0. The van der Waals surface area contributed by atoms with Crippen molar-refractivity contribution >= 4 is 34.2 Å². The lowest BCUT2D eigenvalue weighted by atomic mass is 10.1. The van der Waals surface area contributed by atoms with Crippen molar-refractivity contribution in [3.05, 3.63) is 29.5 Å². The first kappa shape index (κ1) is 12.2. The molecule has 0 bridgehead atoms. The number of hydrogen-bond donors (Lipinski definition) is 2. The number of fused-ring (bicyclic) bond motifs is 1. The van der Waals surface area contributed by atoms with E-state index in [0.717, 1.165) is 23.1 Å². The summed E-state index contributed by atoms with van der Waals surface area (Å²) in [6.07, 6.45) is 2.87. The molecule has 1 fully saturated rings. The van der Waals surface area contributed by atoms with Crippen molar-refractivity contribution in [2.45, 2.75) is 18.9 Å². The fourth-order valence-electron chi connectivity index (χ4n) is 2.19. The molecule has 3 rings (SSSR count). The number of piperidine rings is 1. The van der Waals surface area contributed by atoms with Crippen molar-refractivity contribution in [2.75, 3.05) is 11.9 Å². The van der Waals surface area contributed by atoms with Crippen LogP contribution in [0.4, 0.5) is 5.82 Å². The zero-order valence-corrected chi connectivity index (χ0v) is 10.9. The van der Waals surface area contributed by atoms with Crippen molar-refractivity contribution in [3.63, 3.8) is 0 Å². The molecule has 98 valence electrons. The van der Waals surface area contributed by atoms with Gasteiger partial charge in [0.15, 0.2) is 0 Å². The molecule has 0 radical (unpaired) electrons. The van der Waals surface area contributed by atoms with Crippen LogP contribution in [-0.4, -0.2) is 28.5 Å². The monoisotopic (exact) mass is 276 g/mol. The predicted molar refractivity (Wildman–Crippen MR) is 74.2 cm³/mol. The Bertz CT molecular complexity index is 621. The van der Waals surface area contributed by atoms with E-state index in [4.69, 9.17) is 11.6 Å². The Hall–Kier alpha value is -1.88. The fourth-order valence-corrected chi connectivity index (χ4v) is 2.36. The Morgan fingerprint density at radius 3 is 3.05 bits per heavy atom. The second-order valence-electron chi connectivity index (χ2n) is 4.57. The number of aromatic nitrogens is 2. The minimum absolute atomic E-state index is 0.109. The maximum absolute atomic E-state index is 11.1. The first-order valence-corrected chi connectivity index (χ1v) is 6.53. The van der Waals surface area contributed by atoms with Crippen LogP contribution in [0.1, 0.15) is 12.8 Å². The number of benzene rings is 1. The first-order chi connectivity index (χ1) is 9.22. The Labute approximate surface area is 115 Å². The molecule has 1 aliphatic heterocycles. The second-order valence-corrected chi connectivity index (χ2v) is 5.00. The maximum atomic E-state index is 11.1. The standard InChI is InChI=1S/C13H13ClN4O/c14-8-1-3-10-11(5-8)16-7-17-13(10)18-9-2-4-12(19)15-6-9/h1,3,5,7,9H,2,4,6H2,(H,15,19)(H,16,17,18). The van der Waals surface area contributed by atoms with Gasteiger partial charge in [0.05, 0.1) is 5.52 Å². The van der Waals surface area contributed by atoms with Crippen LogP contribution >= 0.6 is 11.6 Å². The molecule has 1 aromatic carbocycles. The summed E-state index contributed by atoms with van der Waals surface area (Å²) in [6.45, 7) is 0.623. The maximum Gasteiger partial charge on any atom is 0.220 e. The van der Waals surface area contributed by atoms with Crippen LogP contribution < -0.4 is 10.6 Å². The number of amides is 1. The molecule has 6 heteroatoms. The van der Waals surface area contributed by atoms with E-state index < -0.39 is 0 Å². The fraction of sp³-hybridized carbons (Fsp3) is 0.308. The third kappa shape index (κ3) is 2.61. The zero-order valence-electron chi connectivity index (χ0n) is 10.2. The van der Waals surface area contributed by atoms with Crippen molar-refractivity contribution in [2.24, 2.45) is 0 Å². The largest absolute Gasteiger partial charge is 0.365 e. The quantitative estimate of drug-likeness (QED) is 0.880. The van der Waals surface area contributed by atoms with E-state index >= 15 is 0 Å². The van der Waals surface area contributed by atoms with Crippen molar-refractivity contribution in [1.29, 1.82) is 0 Å². The highest BCUT2D eigenvalue weighted by Gasteiger charge is 2.18. The van der Waals surface area contributed by atoms with Gasteiger partial charge in [0.25, 0.3) is 0 Å². The topological polar surface area (TPSA) is 66.9 Å². The summed E-state index contributed by atoms with van der Waals surface area (Å²) < 4.78 is 0. The van der Waals surface area contributed by atoms with Gasteiger partial charge >= 0.3 is 0 Å². The van der Waals surface area contributed by atoms with Crippen molar-refractivity contribution in [3.8, 4) is 0 Å². The van der Waals surface area contributed by atoms with Gasteiger partial charge in [-0.15, -0.1) is 0 Å². The van der Waals surface area contributed by atoms with E-state index in [1.807, 2.05) is 18.2 Å². The van der Waals surface area contributed by atoms with Gasteiger partial charge in [-0.2, -0.15) is 0 Å². The normalized spacial score (nSPS) is 19.2. The molecule has 1 atom stereocenters. The molecule has 19 heavy (non-hydrogen) atoms. The number of hydrogen-bond acceptors (Lipinski definition) is 4. The molecular weight excluding hydrogens is 264 g/mol. The minimum Gasteiger partial charge on any atom is -0.365 e. The van der Waals surface area contributed by atoms with E-state index in [-0.39, 0.29) is 11.9 Å². The minimum atomic E-state index is 0.109. The number of nitrogens with one attached hydrogen (secondary N) is 2. The molecular formula is C13H13ClN4O. The van der Waals surface area contributed by atoms with Crippen molar-refractivity contribution in [1.82, 2.24) is 15.3 Å². The SMILES string of the molecule is O=C1CCC(Nc2ncnc3cc(Cl)ccc23)CN1. The highest BCUT2D eigenvalue weighted by molar-refractivity contribution is 6.31. The van der Waals surface area contributed by atoms with E-state index in [0.29, 0.717) is 18.0 Å². The predicted octanol–water partition coefficient (Wildman–Crippen LogP) is 1.97. The number of nitrogens with zero attached hydrogens (tertiary/aromatic N) is 2. The van der Waals surface area contributed by atoms with Crippen LogP contribution in [0.15, 0.2) is 24.5 Å². The Morgan fingerprint density at radius 2 is 2.26 bits per heavy atom. The summed E-state index contributed by atoms with van der Waals surface area (Å²) in [4.78, 5) is 19.6. The molecule has 5 nitrogen and oxygen atoms in total. The smallest absolute Gasteiger partial charge is 0.220 e. The molecule has 1 aliphatic rings. The third-order valence-electron chi connectivity index (χ3n) is 3.20. The number of halogens is 1. The number of anilines is 1. The molecule has 2 aromatic rings. The van der Waals surface area contributed by atoms with Crippen LogP contribution in [0.25, 0.3) is 10.9 Å². The average molecular weight is 277 g/mol. The van der Waals surface area contributed by atoms with Gasteiger partial charge in [0.2, 0.25) is 5.91 Å². The Balaban J connectivity index is 1.86. The summed E-state index contributed by atoms with van der Waals surface area (Å²) >= 11 is 5.95. The van der Waals surface area contributed by atoms with Gasteiger partial charge < -0.3 is 10.6 Å². The first-order valence-electron chi connectivity index (χ1n) is 6.16. The molecule has 0 spiro atoms. The summed E-state index contributed by atoms with van der Waals surface area (Å²) in [6, 6.07) is 5.74. The van der Waals surface area contributed by atoms with Crippen LogP contribution in [0.5, 0.6) is 0 Å². The van der Waals surface area contributed by atoms with Crippen LogP contribution in [-0.2, 0) is 4.79 Å². The molecule has 1 saturated heterocycles. The van der Waals surface area contributed by atoms with Gasteiger partial charge in [-0.25, -0.2) is 9.97 Å². The summed E-state index contributed by atoms with van der Waals surface area (Å²) in [5, 5.41) is 7.79. The van der Waals surface area contributed by atoms with Gasteiger partial charge in [0.1, 0.15) is 12.1 Å². The van der Waals surface area contributed by atoms with Crippen LogP contribution in [0.3, 0.4) is 0 Å². The molecule has 1 amide bonds. The van der Waals surface area contributed by atoms with Crippen LogP contribution in [0, 0.1) is 0 Å². The number of carbonyl (C=O) groups is 1. The average Bonchev–Trinajstić information content (AvgIpc) is 2.41. The molecule has 1 aromatic heterocycles. The van der Waals surface area contributed by atoms with Gasteiger partial charge in [-0.05, 0) is 24.6 Å². The molecule has 2 N–H and O–H groups in total. The lowest BCUT2D eigenvalue weighted by Crippen LogP contribution is -2.42. The Kier molecular flexibility index (Phi) is 3.21. The number of rotatable bonds is 2. The van der Waals surface area contributed by atoms with Gasteiger partial charge in [-0.3, -0.25) is 4.79 Å². The molecule has 0 aliphatic carbocycles. The van der Waals surface area contributed by atoms with Gasteiger partial charge in [-0.1, -0.05) is 11.6 Å². The molecule has 0 saturated carbocycles. The zero-order chi connectivity index (χ0) is 13.2. The Morgan fingerprint density at radius 1 is 1.37 bits per heavy atom. The van der Waals surface area contributed by atoms with Crippen LogP contribution in [0.2, 0.25) is 5.02 Å². The van der Waals surface area contributed by atoms with E-state index in [9.17, 15) is 4.79 Å². The van der Waals surface area contributed by atoms with E-state index in [2.05, 4.69) is 20.6 Å². The lowest BCUT2D eigenvalue weighted by Gasteiger charge is -2.24. The van der Waals surface area contributed by atoms with E-state index in [1.54, 1.807) is 0 Å². The van der Waals surface area contributed by atoms with E-state index in [1.165, 1.54) is 6.33 Å². The lowest BCUT2D eigenvalue weighted by molar-refractivity contribution is -0.122. The third-order valence-corrected chi connectivity index (χ3v) is 3.44. The molecule has 1 unspecified atom stereocenters. The molecule has 2 heterocycles. The number of carbonyl (C=O) groups excluding carboxylic acids is 1. The highest BCUT2D eigenvalue weighted by atomic mass is 35.5. The van der Waals surface area contributed by atoms with Gasteiger partial charge in [0, 0.05) is 29.4 Å². The van der Waals surface area contributed by atoms with Crippen molar-refractivity contribution < 1.29 is 4.79 Å².